The van der Waals surface area contributed by atoms with E-state index in [0.717, 1.165) is 10.7 Å². The molecule has 0 fully saturated rings. The monoisotopic (exact) mass is 500 g/mol. The lowest BCUT2D eigenvalue weighted by molar-refractivity contribution is -0.142. The largest absolute Gasteiger partial charge is 0.475 e. The highest BCUT2D eigenvalue weighted by Crippen LogP contribution is 2.34. The van der Waals surface area contributed by atoms with Crippen LogP contribution in [0.4, 0.5) is 13.2 Å². The average molecular weight is 500 g/mol. The van der Waals surface area contributed by atoms with Gasteiger partial charge in [-0.1, -0.05) is 0 Å². The Labute approximate surface area is 204 Å². The molecule has 1 amide bonds. The third-order valence-corrected chi connectivity index (χ3v) is 5.04. The zero-order valence-corrected chi connectivity index (χ0v) is 19.2. The van der Waals surface area contributed by atoms with Crippen LogP contribution in [-0.2, 0) is 10.9 Å². The number of hydrogen-bond acceptors (Lipinski definition) is 7. The second-order valence-corrected chi connectivity index (χ2v) is 7.54. The first-order valence-corrected chi connectivity index (χ1v) is 11.0. The van der Waals surface area contributed by atoms with Crippen molar-refractivity contribution < 1.29 is 27.4 Å². The Morgan fingerprint density at radius 3 is 2.78 bits per heavy atom. The van der Waals surface area contributed by atoms with Gasteiger partial charge in [0.25, 0.3) is 5.91 Å². The van der Waals surface area contributed by atoms with E-state index >= 15 is 0 Å². The van der Waals surface area contributed by atoms with Crippen LogP contribution in [-0.4, -0.2) is 51.6 Å². The molecule has 1 unspecified atom stereocenters. The van der Waals surface area contributed by atoms with E-state index in [-0.39, 0.29) is 17.3 Å². The standard InChI is InChI=1S/C24H23F3N6O3/c1-2-35-10-11-36-22-12-16(7-9-29-22)23(34)31-21-6-5-18(15-30-21)33-20(24(25,26)27)13-19(32-33)17-4-3-8-28-14-17/h3-9,12-15,21,30H,2,10-11H2,1H3,(H,31,34). The van der Waals surface area contributed by atoms with Gasteiger partial charge in [-0.3, -0.25) is 9.78 Å². The fourth-order valence-electron chi connectivity index (χ4n) is 3.33. The van der Waals surface area contributed by atoms with Crippen molar-refractivity contribution in [3.8, 4) is 17.1 Å². The molecule has 0 saturated heterocycles. The van der Waals surface area contributed by atoms with Crippen molar-refractivity contribution in [2.75, 3.05) is 19.8 Å². The summed E-state index contributed by atoms with van der Waals surface area (Å²) < 4.78 is 52.5. The van der Waals surface area contributed by atoms with Crippen LogP contribution >= 0.6 is 0 Å². The molecule has 12 heteroatoms. The number of alkyl halides is 3. The molecule has 1 aliphatic rings. The molecule has 3 aromatic rings. The van der Waals surface area contributed by atoms with E-state index in [1.165, 1.54) is 49.1 Å². The minimum Gasteiger partial charge on any atom is -0.475 e. The molecule has 0 aromatic carbocycles. The van der Waals surface area contributed by atoms with Gasteiger partial charge in [0.2, 0.25) is 5.88 Å². The summed E-state index contributed by atoms with van der Waals surface area (Å²) in [6.07, 6.45) is 3.47. The molecule has 0 bridgehead atoms. The molecule has 36 heavy (non-hydrogen) atoms. The van der Waals surface area contributed by atoms with E-state index in [0.29, 0.717) is 30.9 Å². The molecule has 0 spiro atoms. The molecule has 3 aromatic heterocycles. The molecule has 4 heterocycles. The fourth-order valence-corrected chi connectivity index (χ4v) is 3.33. The maximum absolute atomic E-state index is 13.7. The Morgan fingerprint density at radius 2 is 2.08 bits per heavy atom. The normalized spacial score (nSPS) is 15.2. The number of hydrogen-bond donors (Lipinski definition) is 2. The van der Waals surface area contributed by atoms with Crippen LogP contribution < -0.4 is 15.4 Å². The lowest BCUT2D eigenvalue weighted by Gasteiger charge is -2.21. The van der Waals surface area contributed by atoms with Gasteiger partial charge in [-0.05, 0) is 43.3 Å². The highest BCUT2D eigenvalue weighted by atomic mass is 19.4. The third kappa shape index (κ3) is 6.08. The number of amides is 1. The smallest absolute Gasteiger partial charge is 0.433 e. The van der Waals surface area contributed by atoms with Crippen molar-refractivity contribution in [1.29, 1.82) is 0 Å². The number of dihydropyridines is 1. The number of allylic oxidation sites excluding steroid dienone is 2. The maximum Gasteiger partial charge on any atom is 0.433 e. The second-order valence-electron chi connectivity index (χ2n) is 7.54. The van der Waals surface area contributed by atoms with E-state index in [1.54, 1.807) is 12.1 Å². The van der Waals surface area contributed by atoms with Crippen LogP contribution in [0.15, 0.2) is 67.3 Å². The highest BCUT2D eigenvalue weighted by Gasteiger charge is 2.37. The molecule has 4 rings (SSSR count). The highest BCUT2D eigenvalue weighted by molar-refractivity contribution is 5.94. The molecule has 1 atom stereocenters. The molecule has 0 radical (unpaired) electrons. The summed E-state index contributed by atoms with van der Waals surface area (Å²) in [6.45, 7) is 3.14. The second kappa shape index (κ2) is 11.0. The zero-order chi connectivity index (χ0) is 25.5. The van der Waals surface area contributed by atoms with Crippen molar-refractivity contribution >= 4 is 11.6 Å². The lowest BCUT2D eigenvalue weighted by Crippen LogP contribution is -2.43. The topological polar surface area (TPSA) is 103 Å². The molecule has 9 nitrogen and oxygen atoms in total. The summed E-state index contributed by atoms with van der Waals surface area (Å²) in [5.41, 5.74) is 0.122. The van der Waals surface area contributed by atoms with E-state index in [9.17, 15) is 18.0 Å². The summed E-state index contributed by atoms with van der Waals surface area (Å²) in [5.74, 6) is -0.139. The van der Waals surface area contributed by atoms with Crippen LogP contribution in [0, 0.1) is 0 Å². The average Bonchev–Trinajstić information content (AvgIpc) is 3.34. The first-order valence-electron chi connectivity index (χ1n) is 11.0. The predicted molar refractivity (Wildman–Crippen MR) is 124 cm³/mol. The van der Waals surface area contributed by atoms with Gasteiger partial charge in [-0.25, -0.2) is 9.67 Å². The third-order valence-electron chi connectivity index (χ3n) is 5.04. The van der Waals surface area contributed by atoms with Crippen molar-refractivity contribution in [2.24, 2.45) is 0 Å². The van der Waals surface area contributed by atoms with Gasteiger partial charge < -0.3 is 20.1 Å². The van der Waals surface area contributed by atoms with Crippen LogP contribution in [0.3, 0.4) is 0 Å². The predicted octanol–water partition coefficient (Wildman–Crippen LogP) is 3.49. The van der Waals surface area contributed by atoms with Crippen molar-refractivity contribution in [3.63, 3.8) is 0 Å². The minimum absolute atomic E-state index is 0.136. The van der Waals surface area contributed by atoms with Crippen LogP contribution in [0.2, 0.25) is 0 Å². The Morgan fingerprint density at radius 1 is 1.22 bits per heavy atom. The first kappa shape index (κ1) is 24.9. The molecule has 0 saturated carbocycles. The number of ether oxygens (including phenoxy) is 2. The van der Waals surface area contributed by atoms with E-state index in [1.807, 2.05) is 6.92 Å². The molecule has 0 aliphatic carbocycles. The van der Waals surface area contributed by atoms with Gasteiger partial charge in [0, 0.05) is 48.6 Å². The van der Waals surface area contributed by atoms with Gasteiger partial charge in [0.1, 0.15) is 18.5 Å². The number of halogens is 3. The summed E-state index contributed by atoms with van der Waals surface area (Å²) >= 11 is 0. The number of nitrogens with one attached hydrogen (secondary N) is 2. The Bertz CT molecular complexity index is 1260. The van der Waals surface area contributed by atoms with Gasteiger partial charge in [-0.2, -0.15) is 18.3 Å². The van der Waals surface area contributed by atoms with Crippen LogP contribution in [0.5, 0.6) is 5.88 Å². The zero-order valence-electron chi connectivity index (χ0n) is 19.2. The fraction of sp³-hybridized carbons (Fsp3) is 0.250. The minimum atomic E-state index is -4.63. The van der Waals surface area contributed by atoms with Gasteiger partial charge in [0.15, 0.2) is 0 Å². The van der Waals surface area contributed by atoms with E-state index in [4.69, 9.17) is 9.47 Å². The SMILES string of the molecule is CCOCCOc1cc(C(=O)NC2C=CC(n3nc(-c4cccnc4)cc3C(F)(F)F)=CN2)ccn1. The van der Waals surface area contributed by atoms with Crippen molar-refractivity contribution in [1.82, 2.24) is 30.4 Å². The number of nitrogens with zero attached hydrogens (tertiary/aromatic N) is 4. The first-order chi connectivity index (χ1) is 17.3. The molecular weight excluding hydrogens is 477 g/mol. The van der Waals surface area contributed by atoms with Crippen molar-refractivity contribution in [3.05, 3.63) is 78.5 Å². The number of carbonyl (C=O) groups is 1. The summed E-state index contributed by atoms with van der Waals surface area (Å²) in [5, 5.41) is 9.74. The molecule has 188 valence electrons. The van der Waals surface area contributed by atoms with Crippen LogP contribution in [0.1, 0.15) is 23.0 Å². The van der Waals surface area contributed by atoms with E-state index < -0.39 is 23.9 Å². The Hall–Kier alpha value is -4.19. The summed E-state index contributed by atoms with van der Waals surface area (Å²) in [6, 6.07) is 7.24. The number of pyridine rings is 2. The van der Waals surface area contributed by atoms with Gasteiger partial charge in [-0.15, -0.1) is 0 Å². The van der Waals surface area contributed by atoms with Crippen molar-refractivity contribution in [2.45, 2.75) is 19.3 Å². The quantitative estimate of drug-likeness (QED) is 0.434. The lowest BCUT2D eigenvalue weighted by atomic mass is 10.2. The van der Waals surface area contributed by atoms with E-state index in [2.05, 4.69) is 25.7 Å². The number of carbonyl (C=O) groups excluding carboxylic acids is 1. The summed E-state index contributed by atoms with van der Waals surface area (Å²) in [4.78, 5) is 20.6. The van der Waals surface area contributed by atoms with Gasteiger partial charge >= 0.3 is 6.18 Å². The maximum atomic E-state index is 13.7. The molecule has 1 aliphatic heterocycles. The van der Waals surface area contributed by atoms with Gasteiger partial charge in [0.05, 0.1) is 18.0 Å². The number of rotatable bonds is 9. The number of aromatic nitrogens is 4. The Balaban J connectivity index is 1.43. The molecular formula is C24H23F3N6O3. The van der Waals surface area contributed by atoms with Crippen LogP contribution in [0.25, 0.3) is 17.0 Å². The summed E-state index contributed by atoms with van der Waals surface area (Å²) in [7, 11) is 0. The Kier molecular flexibility index (Phi) is 7.64. The molecule has 2 N–H and O–H groups in total.